The Morgan fingerprint density at radius 2 is 2.32 bits per heavy atom. The molecule has 1 aliphatic rings. The molecule has 1 aliphatic carbocycles. The minimum absolute atomic E-state index is 0.0540. The number of anilines is 1. The van der Waals surface area contributed by atoms with Gasteiger partial charge >= 0.3 is 0 Å². The van der Waals surface area contributed by atoms with Crippen molar-refractivity contribution in [2.75, 3.05) is 25.1 Å². The average Bonchev–Trinajstić information content (AvgIpc) is 3.17. The van der Waals surface area contributed by atoms with Gasteiger partial charge in [0, 0.05) is 25.8 Å². The summed E-state index contributed by atoms with van der Waals surface area (Å²) < 4.78 is 5.52. The van der Waals surface area contributed by atoms with Gasteiger partial charge in [0.2, 0.25) is 0 Å². The third-order valence-corrected chi connectivity index (χ3v) is 3.08. The number of nitrogens with zero attached hydrogens (tertiary/aromatic N) is 2. The fraction of sp³-hybridized carbons (Fsp3) is 0.615. The fourth-order valence-corrected chi connectivity index (χ4v) is 1.77. The molecule has 0 radical (unpaired) electrons. The van der Waals surface area contributed by atoms with Crippen LogP contribution in [0, 0.1) is 23.0 Å². The first kappa shape index (κ1) is 13.7. The zero-order valence-corrected chi connectivity index (χ0v) is 11.1. The van der Waals surface area contributed by atoms with Gasteiger partial charge in [-0.15, -0.1) is 0 Å². The van der Waals surface area contributed by atoms with Crippen LogP contribution in [-0.2, 0) is 4.74 Å². The molecule has 19 heavy (non-hydrogen) atoms. The van der Waals surface area contributed by atoms with Crippen molar-refractivity contribution >= 4 is 11.5 Å². The first-order valence-corrected chi connectivity index (χ1v) is 6.60. The smallest absolute Gasteiger partial charge is 0.290 e. The Kier molecular flexibility index (Phi) is 4.68. The summed E-state index contributed by atoms with van der Waals surface area (Å²) in [5.74, 6) is 1.47. The highest BCUT2D eigenvalue weighted by atomic mass is 16.6. The molecular weight excluding hydrogens is 246 g/mol. The Hall–Kier alpha value is -1.69. The first-order chi connectivity index (χ1) is 9.16. The number of hydrogen-bond donors (Lipinski definition) is 1. The van der Waals surface area contributed by atoms with Crippen molar-refractivity contribution < 1.29 is 9.66 Å². The predicted molar refractivity (Wildman–Crippen MR) is 72.3 cm³/mol. The number of aromatic nitrogens is 1. The molecule has 1 N–H and O–H groups in total. The SMILES string of the molecule is Cc1nc(NCCCOCC2CC2)ccc1[N+](=O)[O-]. The standard InChI is InChI=1S/C13H19N3O3/c1-10-12(16(17)18)5-6-13(15-10)14-7-2-8-19-9-11-3-4-11/h5-6,11H,2-4,7-9H2,1H3,(H,14,15). The van der Waals surface area contributed by atoms with E-state index in [1.165, 1.54) is 18.9 Å². The number of aryl methyl sites for hydroxylation is 1. The van der Waals surface area contributed by atoms with Crippen molar-refractivity contribution in [1.82, 2.24) is 4.98 Å². The van der Waals surface area contributed by atoms with E-state index in [1.807, 2.05) is 0 Å². The molecule has 6 heteroatoms. The molecule has 1 aromatic rings. The summed E-state index contributed by atoms with van der Waals surface area (Å²) >= 11 is 0. The molecule has 6 nitrogen and oxygen atoms in total. The fourth-order valence-electron chi connectivity index (χ4n) is 1.77. The molecule has 104 valence electrons. The van der Waals surface area contributed by atoms with Crippen molar-refractivity contribution in [3.8, 4) is 0 Å². The molecule has 2 rings (SSSR count). The van der Waals surface area contributed by atoms with E-state index in [0.717, 1.165) is 32.1 Å². The largest absolute Gasteiger partial charge is 0.381 e. The van der Waals surface area contributed by atoms with E-state index >= 15 is 0 Å². The monoisotopic (exact) mass is 265 g/mol. The van der Waals surface area contributed by atoms with Gasteiger partial charge in [-0.3, -0.25) is 10.1 Å². The molecule has 0 atom stereocenters. The van der Waals surface area contributed by atoms with Gasteiger partial charge in [0.1, 0.15) is 11.5 Å². The Morgan fingerprint density at radius 3 is 2.95 bits per heavy atom. The molecular formula is C13H19N3O3. The molecule has 0 amide bonds. The summed E-state index contributed by atoms with van der Waals surface area (Å²) in [6, 6.07) is 3.12. The van der Waals surface area contributed by atoms with Gasteiger partial charge in [0.05, 0.1) is 4.92 Å². The van der Waals surface area contributed by atoms with Crippen LogP contribution in [0.1, 0.15) is 25.0 Å². The van der Waals surface area contributed by atoms with E-state index in [4.69, 9.17) is 4.74 Å². The normalized spacial score (nSPS) is 14.4. The summed E-state index contributed by atoms with van der Waals surface area (Å²) in [5, 5.41) is 13.8. The minimum Gasteiger partial charge on any atom is -0.381 e. The maximum atomic E-state index is 10.7. The summed E-state index contributed by atoms with van der Waals surface area (Å²) in [4.78, 5) is 14.4. The number of pyridine rings is 1. The lowest BCUT2D eigenvalue weighted by Crippen LogP contribution is -2.08. The van der Waals surface area contributed by atoms with Crippen molar-refractivity contribution in [2.24, 2.45) is 5.92 Å². The minimum atomic E-state index is -0.419. The van der Waals surface area contributed by atoms with Crippen LogP contribution in [0.15, 0.2) is 12.1 Å². The Morgan fingerprint density at radius 1 is 1.53 bits per heavy atom. The molecule has 0 spiro atoms. The van der Waals surface area contributed by atoms with E-state index in [0.29, 0.717) is 11.5 Å². The van der Waals surface area contributed by atoms with E-state index < -0.39 is 4.92 Å². The zero-order valence-electron chi connectivity index (χ0n) is 11.1. The van der Waals surface area contributed by atoms with Crippen molar-refractivity contribution in [1.29, 1.82) is 0 Å². The van der Waals surface area contributed by atoms with Crippen molar-refractivity contribution in [3.63, 3.8) is 0 Å². The highest BCUT2D eigenvalue weighted by Crippen LogP contribution is 2.28. The number of rotatable bonds is 8. The van der Waals surface area contributed by atoms with E-state index in [9.17, 15) is 10.1 Å². The topological polar surface area (TPSA) is 77.3 Å². The summed E-state index contributed by atoms with van der Waals surface area (Å²) in [6.07, 6.45) is 3.53. The van der Waals surface area contributed by atoms with Gasteiger partial charge in [0.15, 0.2) is 0 Å². The van der Waals surface area contributed by atoms with Gasteiger partial charge < -0.3 is 10.1 Å². The van der Waals surface area contributed by atoms with E-state index in [1.54, 1.807) is 13.0 Å². The van der Waals surface area contributed by atoms with Crippen LogP contribution < -0.4 is 5.32 Å². The van der Waals surface area contributed by atoms with Crippen LogP contribution in [0.5, 0.6) is 0 Å². The third kappa shape index (κ3) is 4.48. The van der Waals surface area contributed by atoms with Crippen LogP contribution in [0.2, 0.25) is 0 Å². The summed E-state index contributed by atoms with van der Waals surface area (Å²) in [5.41, 5.74) is 0.485. The molecule has 1 heterocycles. The number of hydrogen-bond acceptors (Lipinski definition) is 5. The van der Waals surface area contributed by atoms with E-state index in [2.05, 4.69) is 10.3 Å². The van der Waals surface area contributed by atoms with Crippen LogP contribution in [0.25, 0.3) is 0 Å². The summed E-state index contributed by atoms with van der Waals surface area (Å²) in [6.45, 7) is 4.03. The zero-order chi connectivity index (χ0) is 13.7. The maximum Gasteiger partial charge on any atom is 0.290 e. The average molecular weight is 265 g/mol. The lowest BCUT2D eigenvalue weighted by Gasteiger charge is -2.07. The van der Waals surface area contributed by atoms with Gasteiger partial charge in [-0.25, -0.2) is 4.98 Å². The predicted octanol–water partition coefficient (Wildman–Crippen LogP) is 2.53. The molecule has 0 bridgehead atoms. The number of nitro groups is 1. The number of ether oxygens (including phenoxy) is 1. The molecule has 0 aromatic carbocycles. The molecule has 1 aromatic heterocycles. The number of nitrogens with one attached hydrogen (secondary N) is 1. The molecule has 0 aliphatic heterocycles. The van der Waals surface area contributed by atoms with Gasteiger partial charge in [-0.1, -0.05) is 0 Å². The summed E-state index contributed by atoms with van der Waals surface area (Å²) in [7, 11) is 0. The Bertz CT molecular complexity index is 447. The highest BCUT2D eigenvalue weighted by molar-refractivity contribution is 5.44. The van der Waals surface area contributed by atoms with Crippen LogP contribution in [-0.4, -0.2) is 29.7 Å². The van der Waals surface area contributed by atoms with Gasteiger partial charge in [-0.05, 0) is 38.2 Å². The quantitative estimate of drug-likeness (QED) is 0.444. The molecule has 0 saturated heterocycles. The van der Waals surface area contributed by atoms with Gasteiger partial charge in [0.25, 0.3) is 5.69 Å². The van der Waals surface area contributed by atoms with Crippen LogP contribution in [0.3, 0.4) is 0 Å². The Balaban J connectivity index is 1.67. The second-order valence-corrected chi connectivity index (χ2v) is 4.86. The van der Waals surface area contributed by atoms with E-state index in [-0.39, 0.29) is 5.69 Å². The molecule has 0 unspecified atom stereocenters. The highest BCUT2D eigenvalue weighted by Gasteiger charge is 2.20. The van der Waals surface area contributed by atoms with Gasteiger partial charge in [-0.2, -0.15) is 0 Å². The lowest BCUT2D eigenvalue weighted by atomic mass is 10.3. The molecule has 1 fully saturated rings. The van der Waals surface area contributed by atoms with Crippen molar-refractivity contribution in [2.45, 2.75) is 26.2 Å². The Labute approximate surface area is 112 Å². The van der Waals surface area contributed by atoms with Crippen LogP contribution >= 0.6 is 0 Å². The van der Waals surface area contributed by atoms with Crippen LogP contribution in [0.4, 0.5) is 11.5 Å². The first-order valence-electron chi connectivity index (χ1n) is 6.60. The van der Waals surface area contributed by atoms with Crippen molar-refractivity contribution in [3.05, 3.63) is 27.9 Å². The second-order valence-electron chi connectivity index (χ2n) is 4.86. The maximum absolute atomic E-state index is 10.7. The molecule has 1 saturated carbocycles. The second kappa shape index (κ2) is 6.47. The lowest BCUT2D eigenvalue weighted by molar-refractivity contribution is -0.385. The third-order valence-electron chi connectivity index (χ3n) is 3.08.